The Morgan fingerprint density at radius 3 is 2.64 bits per heavy atom. The number of carbonyl (C=O) groups excluding carboxylic acids is 2. The van der Waals surface area contributed by atoms with Gasteiger partial charge in [0, 0.05) is 32.7 Å². The molecule has 2 aromatic heterocycles. The summed E-state index contributed by atoms with van der Waals surface area (Å²) in [5, 5.41) is 7.31. The Balaban J connectivity index is 1.45. The van der Waals surface area contributed by atoms with Gasteiger partial charge in [-0.05, 0) is 29.9 Å². The molecule has 1 saturated heterocycles. The van der Waals surface area contributed by atoms with Crippen molar-refractivity contribution in [2.75, 3.05) is 13.2 Å². The number of nitrogens with zero attached hydrogens (tertiary/aromatic N) is 2. The number of amides is 2. The number of rotatable bonds is 9. The minimum Gasteiger partial charge on any atom is -0.376 e. The molecule has 9 nitrogen and oxygen atoms in total. The van der Waals surface area contributed by atoms with E-state index in [1.54, 1.807) is 11.4 Å². The Hall–Kier alpha value is -3.24. The van der Waals surface area contributed by atoms with Gasteiger partial charge in [0.15, 0.2) is 0 Å². The number of hydrogen-bond acceptors (Lipinski definition) is 6. The third kappa shape index (κ3) is 5.58. The van der Waals surface area contributed by atoms with Gasteiger partial charge >= 0.3 is 5.69 Å². The quantitative estimate of drug-likeness (QED) is 0.489. The van der Waals surface area contributed by atoms with E-state index in [0.717, 1.165) is 23.0 Å². The zero-order valence-corrected chi connectivity index (χ0v) is 18.9. The molecule has 174 valence electrons. The van der Waals surface area contributed by atoms with Crippen LogP contribution in [0.25, 0.3) is 10.2 Å². The number of ether oxygens (including phenoxy) is 1. The summed E-state index contributed by atoms with van der Waals surface area (Å²) < 4.78 is 8.22. The molecular formula is C23H26N4O5S. The molecule has 0 bridgehead atoms. The van der Waals surface area contributed by atoms with E-state index in [0.29, 0.717) is 29.9 Å². The maximum Gasteiger partial charge on any atom is 0.332 e. The molecule has 1 unspecified atom stereocenters. The van der Waals surface area contributed by atoms with E-state index >= 15 is 0 Å². The van der Waals surface area contributed by atoms with E-state index in [2.05, 4.69) is 10.6 Å². The topological polar surface area (TPSA) is 111 Å². The first-order valence-electron chi connectivity index (χ1n) is 10.9. The summed E-state index contributed by atoms with van der Waals surface area (Å²) in [5.74, 6) is -0.594. The van der Waals surface area contributed by atoms with Gasteiger partial charge in [-0.1, -0.05) is 30.3 Å². The zero-order valence-electron chi connectivity index (χ0n) is 18.1. The molecule has 0 saturated carbocycles. The van der Waals surface area contributed by atoms with Crippen LogP contribution in [0.4, 0.5) is 0 Å². The predicted molar refractivity (Wildman–Crippen MR) is 125 cm³/mol. The molecule has 0 aliphatic carbocycles. The van der Waals surface area contributed by atoms with Crippen LogP contribution in [0.3, 0.4) is 0 Å². The summed E-state index contributed by atoms with van der Waals surface area (Å²) in [4.78, 5) is 50.7. The number of fused-ring (bicyclic) bond motifs is 1. The Labute approximate surface area is 194 Å². The second-order valence-electron chi connectivity index (χ2n) is 7.91. The SMILES string of the molecule is O=C(CCn1c(=O)c2sccc2n(CC(=O)NCC2CCCO2)c1=O)NCc1ccccc1. The lowest BCUT2D eigenvalue weighted by atomic mass is 10.2. The minimum atomic E-state index is -0.603. The first kappa shape index (κ1) is 22.9. The van der Waals surface area contributed by atoms with Crippen molar-refractivity contribution in [3.63, 3.8) is 0 Å². The fourth-order valence-corrected chi connectivity index (χ4v) is 4.66. The molecule has 1 aliphatic heterocycles. The summed E-state index contributed by atoms with van der Waals surface area (Å²) >= 11 is 1.21. The van der Waals surface area contributed by atoms with Gasteiger partial charge in [0.05, 0.1) is 11.6 Å². The molecule has 2 amide bonds. The van der Waals surface area contributed by atoms with Crippen LogP contribution in [0.2, 0.25) is 0 Å². The lowest BCUT2D eigenvalue weighted by molar-refractivity contribution is -0.122. The molecule has 10 heteroatoms. The molecule has 1 aliphatic rings. The fraction of sp³-hybridized carbons (Fsp3) is 0.391. The highest BCUT2D eigenvalue weighted by Crippen LogP contribution is 2.15. The maximum atomic E-state index is 13.1. The Morgan fingerprint density at radius 2 is 1.88 bits per heavy atom. The summed E-state index contributed by atoms with van der Waals surface area (Å²) in [6.07, 6.45) is 1.84. The van der Waals surface area contributed by atoms with Crippen molar-refractivity contribution in [1.82, 2.24) is 19.8 Å². The molecule has 33 heavy (non-hydrogen) atoms. The van der Waals surface area contributed by atoms with E-state index in [9.17, 15) is 19.2 Å². The Bertz CT molecular complexity index is 1240. The van der Waals surface area contributed by atoms with Crippen LogP contribution in [0.15, 0.2) is 51.4 Å². The van der Waals surface area contributed by atoms with Crippen molar-refractivity contribution in [3.8, 4) is 0 Å². The second kappa shape index (κ2) is 10.6. The average molecular weight is 471 g/mol. The first-order valence-corrected chi connectivity index (χ1v) is 11.8. The van der Waals surface area contributed by atoms with Crippen LogP contribution in [-0.2, 0) is 34.0 Å². The van der Waals surface area contributed by atoms with Gasteiger partial charge in [-0.15, -0.1) is 11.3 Å². The molecule has 1 aromatic carbocycles. The smallest absolute Gasteiger partial charge is 0.332 e. The van der Waals surface area contributed by atoms with Gasteiger partial charge < -0.3 is 15.4 Å². The van der Waals surface area contributed by atoms with E-state index in [1.807, 2.05) is 30.3 Å². The van der Waals surface area contributed by atoms with Gasteiger partial charge in [0.25, 0.3) is 5.56 Å². The molecule has 1 atom stereocenters. The van der Waals surface area contributed by atoms with Gasteiger partial charge in [-0.3, -0.25) is 23.5 Å². The third-order valence-electron chi connectivity index (χ3n) is 5.58. The number of nitrogens with one attached hydrogen (secondary N) is 2. The highest BCUT2D eigenvalue weighted by molar-refractivity contribution is 7.17. The van der Waals surface area contributed by atoms with Crippen LogP contribution >= 0.6 is 11.3 Å². The second-order valence-corrected chi connectivity index (χ2v) is 8.83. The van der Waals surface area contributed by atoms with E-state index in [4.69, 9.17) is 4.74 Å². The summed E-state index contributed by atoms with van der Waals surface area (Å²) in [7, 11) is 0. The first-order chi connectivity index (χ1) is 16.0. The van der Waals surface area contributed by atoms with Gasteiger partial charge in [0.2, 0.25) is 11.8 Å². The van der Waals surface area contributed by atoms with Crippen molar-refractivity contribution >= 4 is 33.4 Å². The van der Waals surface area contributed by atoms with Crippen LogP contribution in [0, 0.1) is 0 Å². The number of thiophene rings is 1. The molecule has 3 heterocycles. The van der Waals surface area contributed by atoms with Gasteiger partial charge in [-0.2, -0.15) is 0 Å². The normalized spacial score (nSPS) is 15.6. The molecule has 0 radical (unpaired) electrons. The fourth-order valence-electron chi connectivity index (χ4n) is 3.81. The number of carbonyl (C=O) groups is 2. The number of aromatic nitrogens is 2. The molecule has 0 spiro atoms. The molecule has 1 fully saturated rings. The van der Waals surface area contributed by atoms with E-state index < -0.39 is 11.2 Å². The standard InChI is InChI=1S/C23H26N4O5S/c28-19(24-13-16-5-2-1-3-6-16)8-10-26-22(30)21-18(9-12-33-21)27(23(26)31)15-20(29)25-14-17-7-4-11-32-17/h1-3,5-6,9,12,17H,4,7-8,10-11,13-15H2,(H,24,28)(H,25,29). The summed E-state index contributed by atoms with van der Waals surface area (Å²) in [6, 6.07) is 11.1. The Kier molecular flexibility index (Phi) is 7.36. The summed E-state index contributed by atoms with van der Waals surface area (Å²) in [6.45, 7) is 1.18. The lowest BCUT2D eigenvalue weighted by Gasteiger charge is -2.14. The van der Waals surface area contributed by atoms with E-state index in [1.165, 1.54) is 15.9 Å². The predicted octanol–water partition coefficient (Wildman–Crippen LogP) is 1.23. The van der Waals surface area contributed by atoms with Crippen molar-refractivity contribution in [2.24, 2.45) is 0 Å². The maximum absolute atomic E-state index is 13.1. The van der Waals surface area contributed by atoms with E-state index in [-0.39, 0.29) is 37.4 Å². The molecule has 4 rings (SSSR count). The summed E-state index contributed by atoms with van der Waals surface area (Å²) in [5.41, 5.74) is 0.331. The molecular weight excluding hydrogens is 444 g/mol. The highest BCUT2D eigenvalue weighted by atomic mass is 32.1. The highest BCUT2D eigenvalue weighted by Gasteiger charge is 2.19. The lowest BCUT2D eigenvalue weighted by Crippen LogP contribution is -2.43. The van der Waals surface area contributed by atoms with Crippen LogP contribution in [-0.4, -0.2) is 40.2 Å². The van der Waals surface area contributed by atoms with Gasteiger partial charge in [-0.25, -0.2) is 4.79 Å². The van der Waals surface area contributed by atoms with Gasteiger partial charge in [0.1, 0.15) is 11.2 Å². The van der Waals surface area contributed by atoms with Crippen LogP contribution < -0.4 is 21.9 Å². The number of benzene rings is 1. The zero-order chi connectivity index (χ0) is 23.2. The third-order valence-corrected chi connectivity index (χ3v) is 6.48. The average Bonchev–Trinajstić information content (AvgIpc) is 3.52. The molecule has 3 aromatic rings. The van der Waals surface area contributed by atoms with Crippen molar-refractivity contribution < 1.29 is 14.3 Å². The molecule has 2 N–H and O–H groups in total. The van der Waals surface area contributed by atoms with Crippen molar-refractivity contribution in [3.05, 3.63) is 68.2 Å². The van der Waals surface area contributed by atoms with Crippen molar-refractivity contribution in [2.45, 2.75) is 45.0 Å². The van der Waals surface area contributed by atoms with Crippen LogP contribution in [0.1, 0.15) is 24.8 Å². The minimum absolute atomic E-state index is 0.00445. The van der Waals surface area contributed by atoms with Crippen molar-refractivity contribution in [1.29, 1.82) is 0 Å². The Morgan fingerprint density at radius 1 is 1.06 bits per heavy atom. The number of hydrogen-bond donors (Lipinski definition) is 2. The van der Waals surface area contributed by atoms with Crippen LogP contribution in [0.5, 0.6) is 0 Å². The monoisotopic (exact) mass is 470 g/mol. The largest absolute Gasteiger partial charge is 0.376 e.